The second-order valence-corrected chi connectivity index (χ2v) is 5.62. The third-order valence-corrected chi connectivity index (χ3v) is 3.63. The molecule has 2 saturated heterocycles. The van der Waals surface area contributed by atoms with Crippen LogP contribution >= 0.6 is 11.8 Å². The highest BCUT2D eigenvalue weighted by Crippen LogP contribution is 2.49. The summed E-state index contributed by atoms with van der Waals surface area (Å²) in [4.78, 5) is 2.42. The average Bonchev–Trinajstić information content (AvgIpc) is 2.04. The molecule has 0 radical (unpaired) electrons. The van der Waals surface area contributed by atoms with Crippen LogP contribution in [0.4, 0.5) is 0 Å². The Morgan fingerprint density at radius 3 is 2.80 bits per heavy atom. The first-order valence-electron chi connectivity index (χ1n) is 3.71. The Bertz CT molecular complexity index is 186. The lowest BCUT2D eigenvalue weighted by Gasteiger charge is -2.38. The molecule has 2 fully saturated rings. The van der Waals surface area contributed by atoms with Gasteiger partial charge in [0.15, 0.2) is 0 Å². The van der Waals surface area contributed by atoms with Crippen molar-refractivity contribution in [3.05, 3.63) is 12.3 Å². The van der Waals surface area contributed by atoms with Crippen LogP contribution in [0.15, 0.2) is 12.3 Å². The average molecular weight is 155 g/mol. The summed E-state index contributed by atoms with van der Waals surface area (Å²) < 4.78 is 0.462. The van der Waals surface area contributed by atoms with Gasteiger partial charge in [0.05, 0.1) is 5.37 Å². The van der Waals surface area contributed by atoms with E-state index >= 15 is 0 Å². The summed E-state index contributed by atoms with van der Waals surface area (Å²) in [5.41, 5.74) is 1.34. The van der Waals surface area contributed by atoms with E-state index in [1.807, 2.05) is 0 Å². The van der Waals surface area contributed by atoms with Crippen molar-refractivity contribution >= 4 is 11.8 Å². The van der Waals surface area contributed by atoms with E-state index in [0.29, 0.717) is 4.75 Å². The van der Waals surface area contributed by atoms with Crippen LogP contribution in [0.1, 0.15) is 20.3 Å². The van der Waals surface area contributed by atoms with Gasteiger partial charge in [-0.15, -0.1) is 11.8 Å². The molecule has 0 spiro atoms. The Morgan fingerprint density at radius 2 is 2.40 bits per heavy atom. The monoisotopic (exact) mass is 155 g/mol. The maximum Gasteiger partial charge on any atom is 0.0808 e. The van der Waals surface area contributed by atoms with Gasteiger partial charge in [-0.1, -0.05) is 6.58 Å². The van der Waals surface area contributed by atoms with Gasteiger partial charge in [-0.05, 0) is 13.8 Å². The van der Waals surface area contributed by atoms with Gasteiger partial charge in [0, 0.05) is 23.4 Å². The summed E-state index contributed by atoms with van der Waals surface area (Å²) in [5.74, 6) is 0. The first-order chi connectivity index (χ1) is 4.58. The molecule has 2 aliphatic heterocycles. The fraction of sp³-hybridized carbons (Fsp3) is 0.750. The van der Waals surface area contributed by atoms with Crippen LogP contribution in [-0.4, -0.2) is 21.6 Å². The number of thioether (sulfide) groups is 1. The van der Waals surface area contributed by atoms with E-state index in [2.05, 4.69) is 37.1 Å². The minimum atomic E-state index is 0.462. The van der Waals surface area contributed by atoms with Crippen LogP contribution in [0.5, 0.6) is 0 Å². The van der Waals surface area contributed by atoms with E-state index < -0.39 is 0 Å². The molecule has 0 aromatic rings. The lowest BCUT2D eigenvalue weighted by atomic mass is 10.1. The van der Waals surface area contributed by atoms with Gasteiger partial charge in [0.25, 0.3) is 0 Å². The topological polar surface area (TPSA) is 3.24 Å². The maximum atomic E-state index is 3.98. The molecule has 0 aliphatic carbocycles. The highest BCUT2D eigenvalue weighted by molar-refractivity contribution is 8.01. The quantitative estimate of drug-likeness (QED) is 0.527. The Balaban J connectivity index is 2.12. The van der Waals surface area contributed by atoms with E-state index in [4.69, 9.17) is 0 Å². The molecule has 2 heterocycles. The predicted octanol–water partition coefficient (Wildman–Crippen LogP) is 2.06. The number of hydrogen-bond donors (Lipinski definition) is 0. The van der Waals surface area contributed by atoms with Crippen LogP contribution < -0.4 is 0 Å². The molecular weight excluding hydrogens is 142 g/mol. The lowest BCUT2D eigenvalue weighted by molar-refractivity contribution is 0.241. The highest BCUT2D eigenvalue weighted by Gasteiger charge is 2.44. The zero-order valence-corrected chi connectivity index (χ0v) is 7.37. The molecule has 56 valence electrons. The Hall–Kier alpha value is -0.110. The number of fused-ring (bicyclic) bond motifs is 1. The van der Waals surface area contributed by atoms with Crippen molar-refractivity contribution in [1.82, 2.24) is 4.90 Å². The van der Waals surface area contributed by atoms with E-state index in [1.165, 1.54) is 18.7 Å². The normalized spacial score (nSPS) is 35.6. The second-order valence-electron chi connectivity index (χ2n) is 3.73. The molecule has 10 heavy (non-hydrogen) atoms. The van der Waals surface area contributed by atoms with Gasteiger partial charge in [-0.3, -0.25) is 0 Å². The minimum Gasteiger partial charge on any atom is -0.361 e. The van der Waals surface area contributed by atoms with Crippen molar-refractivity contribution in [3.8, 4) is 0 Å². The Kier molecular flexibility index (Phi) is 1.14. The summed E-state index contributed by atoms with van der Waals surface area (Å²) in [6, 6.07) is 0. The summed E-state index contributed by atoms with van der Waals surface area (Å²) >= 11 is 2.09. The molecule has 2 heteroatoms. The Morgan fingerprint density at radius 1 is 1.70 bits per heavy atom. The van der Waals surface area contributed by atoms with E-state index in [0.717, 1.165) is 5.37 Å². The number of nitrogens with zero attached hydrogens (tertiary/aromatic N) is 1. The van der Waals surface area contributed by atoms with Gasteiger partial charge in [-0.25, -0.2) is 0 Å². The zero-order chi connectivity index (χ0) is 7.35. The van der Waals surface area contributed by atoms with Crippen LogP contribution in [0.3, 0.4) is 0 Å². The number of hydrogen-bond acceptors (Lipinski definition) is 2. The van der Waals surface area contributed by atoms with E-state index in [-0.39, 0.29) is 0 Å². The van der Waals surface area contributed by atoms with Gasteiger partial charge >= 0.3 is 0 Å². The van der Waals surface area contributed by atoms with Gasteiger partial charge in [0.2, 0.25) is 0 Å². The molecule has 0 N–H and O–H groups in total. The third-order valence-electron chi connectivity index (χ3n) is 2.17. The third kappa shape index (κ3) is 0.782. The van der Waals surface area contributed by atoms with Crippen molar-refractivity contribution in [3.63, 3.8) is 0 Å². The molecule has 1 atom stereocenters. The molecule has 0 bridgehead atoms. The van der Waals surface area contributed by atoms with Crippen molar-refractivity contribution in [2.24, 2.45) is 0 Å². The van der Waals surface area contributed by atoms with Gasteiger partial charge < -0.3 is 4.90 Å². The molecule has 0 aromatic heterocycles. The van der Waals surface area contributed by atoms with Crippen molar-refractivity contribution in [2.75, 3.05) is 6.54 Å². The lowest BCUT2D eigenvalue weighted by Crippen LogP contribution is -2.39. The van der Waals surface area contributed by atoms with Crippen molar-refractivity contribution in [1.29, 1.82) is 0 Å². The molecule has 1 nitrogen and oxygen atoms in total. The van der Waals surface area contributed by atoms with Crippen LogP contribution in [0, 0.1) is 0 Å². The van der Waals surface area contributed by atoms with Crippen LogP contribution in [0.2, 0.25) is 0 Å². The molecule has 0 aromatic carbocycles. The van der Waals surface area contributed by atoms with E-state index in [1.54, 1.807) is 0 Å². The molecule has 1 unspecified atom stereocenters. The zero-order valence-electron chi connectivity index (χ0n) is 6.55. The fourth-order valence-electron chi connectivity index (χ4n) is 1.65. The maximum absolute atomic E-state index is 3.98. The standard InChI is InChI=1S/C8H13NS/c1-6-4-7-9(6)5-8(2,3)10-7/h7H,1,4-5H2,2-3H3. The van der Waals surface area contributed by atoms with Gasteiger partial charge in [-0.2, -0.15) is 0 Å². The van der Waals surface area contributed by atoms with Crippen LogP contribution in [-0.2, 0) is 0 Å². The minimum absolute atomic E-state index is 0.462. The Labute approximate surface area is 66.5 Å². The molecule has 0 saturated carbocycles. The summed E-state index contributed by atoms with van der Waals surface area (Å²) in [6.07, 6.45) is 1.22. The largest absolute Gasteiger partial charge is 0.361 e. The fourth-order valence-corrected chi connectivity index (χ4v) is 3.23. The molecular formula is C8H13NS. The summed E-state index contributed by atoms with van der Waals surface area (Å²) in [6.45, 7) is 9.79. The molecule has 0 amide bonds. The second kappa shape index (κ2) is 1.73. The molecule has 2 rings (SSSR count). The van der Waals surface area contributed by atoms with Gasteiger partial charge in [0.1, 0.15) is 0 Å². The first-order valence-corrected chi connectivity index (χ1v) is 4.59. The van der Waals surface area contributed by atoms with Crippen molar-refractivity contribution in [2.45, 2.75) is 30.4 Å². The smallest absolute Gasteiger partial charge is 0.0808 e. The first kappa shape index (κ1) is 6.59. The summed E-state index contributed by atoms with van der Waals surface area (Å²) in [5, 5.41) is 0.766. The number of rotatable bonds is 0. The molecule has 2 aliphatic rings. The summed E-state index contributed by atoms with van der Waals surface area (Å²) in [7, 11) is 0. The van der Waals surface area contributed by atoms with Crippen molar-refractivity contribution < 1.29 is 0 Å². The van der Waals surface area contributed by atoms with E-state index in [9.17, 15) is 0 Å². The van der Waals surface area contributed by atoms with Crippen LogP contribution in [0.25, 0.3) is 0 Å². The highest BCUT2D eigenvalue weighted by atomic mass is 32.2. The SMILES string of the molecule is C=C1CC2SC(C)(C)CN12. The predicted molar refractivity (Wildman–Crippen MR) is 45.9 cm³/mol.